The van der Waals surface area contributed by atoms with Crippen LogP contribution in [-0.2, 0) is 4.74 Å². The second kappa shape index (κ2) is 5.61. The minimum absolute atomic E-state index is 0.138. The molecule has 2 nitrogen and oxygen atoms in total. The molecule has 2 saturated carbocycles. The molecule has 102 valence electrons. The van der Waals surface area contributed by atoms with Crippen molar-refractivity contribution in [1.29, 1.82) is 5.26 Å². The van der Waals surface area contributed by atoms with Crippen LogP contribution >= 0.6 is 0 Å². The average molecular weight is 249 g/mol. The van der Waals surface area contributed by atoms with Gasteiger partial charge in [0.2, 0.25) is 0 Å². The zero-order valence-electron chi connectivity index (χ0n) is 12.1. The predicted octanol–water partition coefficient (Wildman–Crippen LogP) is 4.30. The van der Waals surface area contributed by atoms with Gasteiger partial charge in [0, 0.05) is 0 Å². The van der Waals surface area contributed by atoms with Crippen LogP contribution < -0.4 is 0 Å². The summed E-state index contributed by atoms with van der Waals surface area (Å²) in [5, 5.41) is 9.22. The standard InChI is InChI=1S/C16H27NO/c1-12-8-14(10-16(2,3)9-12)18-15-7-5-4-6-13(15)11-17/h12-15H,4-10H2,1-3H3. The number of nitriles is 1. The molecule has 0 radical (unpaired) electrons. The van der Waals surface area contributed by atoms with E-state index in [1.165, 1.54) is 25.7 Å². The van der Waals surface area contributed by atoms with Crippen LogP contribution in [0.2, 0.25) is 0 Å². The summed E-state index contributed by atoms with van der Waals surface area (Å²) in [5.41, 5.74) is 0.402. The van der Waals surface area contributed by atoms with Gasteiger partial charge in [0.15, 0.2) is 0 Å². The van der Waals surface area contributed by atoms with Crippen molar-refractivity contribution < 1.29 is 4.74 Å². The van der Waals surface area contributed by atoms with Gasteiger partial charge in [0.25, 0.3) is 0 Å². The summed E-state index contributed by atoms with van der Waals surface area (Å²) in [6.07, 6.45) is 8.77. The summed E-state index contributed by atoms with van der Waals surface area (Å²) >= 11 is 0. The summed E-state index contributed by atoms with van der Waals surface area (Å²) in [6.45, 7) is 7.03. The van der Waals surface area contributed by atoms with E-state index >= 15 is 0 Å². The fourth-order valence-electron chi connectivity index (χ4n) is 4.02. The molecule has 0 aliphatic heterocycles. The first-order chi connectivity index (χ1) is 8.50. The van der Waals surface area contributed by atoms with Gasteiger partial charge in [0.1, 0.15) is 0 Å². The molecule has 0 aromatic rings. The van der Waals surface area contributed by atoms with E-state index in [0.717, 1.165) is 25.2 Å². The molecule has 2 rings (SSSR count). The molecule has 2 heteroatoms. The number of hydrogen-bond donors (Lipinski definition) is 0. The Labute approximate surface area is 112 Å². The Morgan fingerprint density at radius 3 is 2.56 bits per heavy atom. The van der Waals surface area contributed by atoms with Gasteiger partial charge < -0.3 is 4.74 Å². The lowest BCUT2D eigenvalue weighted by Crippen LogP contribution is -2.38. The molecule has 0 spiro atoms. The summed E-state index contributed by atoms with van der Waals surface area (Å²) in [4.78, 5) is 0. The highest BCUT2D eigenvalue weighted by Crippen LogP contribution is 2.41. The Morgan fingerprint density at radius 2 is 1.89 bits per heavy atom. The largest absolute Gasteiger partial charge is 0.374 e. The first-order valence-corrected chi connectivity index (χ1v) is 7.55. The van der Waals surface area contributed by atoms with Crippen molar-refractivity contribution in [2.24, 2.45) is 17.3 Å². The van der Waals surface area contributed by atoms with Crippen LogP contribution in [0.4, 0.5) is 0 Å². The Bertz CT molecular complexity index is 318. The van der Waals surface area contributed by atoms with Gasteiger partial charge in [-0.25, -0.2) is 0 Å². The van der Waals surface area contributed by atoms with Gasteiger partial charge in [0.05, 0.1) is 24.2 Å². The minimum atomic E-state index is 0.138. The fourth-order valence-corrected chi connectivity index (χ4v) is 4.02. The normalized spacial score (nSPS) is 40.1. The molecule has 4 unspecified atom stereocenters. The zero-order valence-corrected chi connectivity index (χ0v) is 12.1. The van der Waals surface area contributed by atoms with Crippen molar-refractivity contribution in [2.75, 3.05) is 0 Å². The number of rotatable bonds is 2. The van der Waals surface area contributed by atoms with E-state index in [4.69, 9.17) is 4.74 Å². The van der Waals surface area contributed by atoms with Crippen LogP contribution in [0.15, 0.2) is 0 Å². The van der Waals surface area contributed by atoms with Gasteiger partial charge in [-0.3, -0.25) is 0 Å². The molecule has 0 amide bonds. The molecule has 0 saturated heterocycles. The third-order valence-corrected chi connectivity index (χ3v) is 4.58. The molecule has 4 atom stereocenters. The summed E-state index contributed by atoms with van der Waals surface area (Å²) in [7, 11) is 0. The summed E-state index contributed by atoms with van der Waals surface area (Å²) < 4.78 is 6.32. The lowest BCUT2D eigenvalue weighted by molar-refractivity contribution is -0.0884. The van der Waals surface area contributed by atoms with E-state index in [0.29, 0.717) is 11.5 Å². The molecule has 0 aromatic heterocycles. The first-order valence-electron chi connectivity index (χ1n) is 7.55. The van der Waals surface area contributed by atoms with Gasteiger partial charge in [-0.2, -0.15) is 5.26 Å². The van der Waals surface area contributed by atoms with Crippen LogP contribution in [0.5, 0.6) is 0 Å². The van der Waals surface area contributed by atoms with Crippen LogP contribution in [0.3, 0.4) is 0 Å². The maximum absolute atomic E-state index is 9.22. The Balaban J connectivity index is 1.93. The lowest BCUT2D eigenvalue weighted by atomic mass is 9.71. The third kappa shape index (κ3) is 3.48. The van der Waals surface area contributed by atoms with Crippen molar-refractivity contribution in [3.63, 3.8) is 0 Å². The second-order valence-corrected chi connectivity index (χ2v) is 7.23. The van der Waals surface area contributed by atoms with Crippen LogP contribution in [-0.4, -0.2) is 12.2 Å². The van der Waals surface area contributed by atoms with E-state index in [-0.39, 0.29) is 12.0 Å². The highest BCUT2D eigenvalue weighted by atomic mass is 16.5. The zero-order chi connectivity index (χ0) is 13.2. The van der Waals surface area contributed by atoms with Crippen molar-refractivity contribution in [3.8, 4) is 6.07 Å². The van der Waals surface area contributed by atoms with E-state index in [1.807, 2.05) is 0 Å². The first kappa shape index (κ1) is 13.9. The van der Waals surface area contributed by atoms with Gasteiger partial charge in [-0.05, 0) is 43.4 Å². The Kier molecular flexibility index (Phi) is 4.33. The molecular weight excluding hydrogens is 222 g/mol. The Morgan fingerprint density at radius 1 is 1.17 bits per heavy atom. The van der Waals surface area contributed by atoms with Gasteiger partial charge in [-0.15, -0.1) is 0 Å². The predicted molar refractivity (Wildman–Crippen MR) is 73.0 cm³/mol. The molecule has 0 heterocycles. The maximum atomic E-state index is 9.22. The van der Waals surface area contributed by atoms with E-state index in [1.54, 1.807) is 0 Å². The molecule has 18 heavy (non-hydrogen) atoms. The SMILES string of the molecule is CC1CC(OC2CCCCC2C#N)CC(C)(C)C1. The van der Waals surface area contributed by atoms with E-state index < -0.39 is 0 Å². The smallest absolute Gasteiger partial charge is 0.0736 e. The summed E-state index contributed by atoms with van der Waals surface area (Å²) in [6, 6.07) is 2.45. The van der Waals surface area contributed by atoms with Crippen LogP contribution in [0, 0.1) is 28.6 Å². The van der Waals surface area contributed by atoms with Gasteiger partial charge >= 0.3 is 0 Å². The molecule has 2 fully saturated rings. The Hall–Kier alpha value is -0.550. The van der Waals surface area contributed by atoms with Crippen molar-refractivity contribution in [3.05, 3.63) is 0 Å². The molecule has 0 N–H and O–H groups in total. The van der Waals surface area contributed by atoms with E-state index in [2.05, 4.69) is 26.8 Å². The maximum Gasteiger partial charge on any atom is 0.0736 e. The summed E-state index contributed by atoms with van der Waals surface area (Å²) in [5.74, 6) is 0.891. The monoisotopic (exact) mass is 249 g/mol. The number of hydrogen-bond acceptors (Lipinski definition) is 2. The molecule has 2 aliphatic rings. The van der Waals surface area contributed by atoms with Crippen molar-refractivity contribution >= 4 is 0 Å². The quantitative estimate of drug-likeness (QED) is 0.731. The third-order valence-electron chi connectivity index (χ3n) is 4.58. The highest BCUT2D eigenvalue weighted by molar-refractivity contribution is 4.93. The van der Waals surface area contributed by atoms with Crippen molar-refractivity contribution in [2.45, 2.75) is 77.9 Å². The number of nitrogens with zero attached hydrogens (tertiary/aromatic N) is 1. The van der Waals surface area contributed by atoms with Crippen LogP contribution in [0.25, 0.3) is 0 Å². The lowest BCUT2D eigenvalue weighted by Gasteiger charge is -2.41. The van der Waals surface area contributed by atoms with Gasteiger partial charge in [-0.1, -0.05) is 33.6 Å². The molecule has 0 bridgehead atoms. The van der Waals surface area contributed by atoms with Crippen molar-refractivity contribution in [1.82, 2.24) is 0 Å². The minimum Gasteiger partial charge on any atom is -0.374 e. The average Bonchev–Trinajstić information content (AvgIpc) is 2.27. The molecule has 0 aromatic carbocycles. The van der Waals surface area contributed by atoms with E-state index in [9.17, 15) is 5.26 Å². The number of ether oxygens (including phenoxy) is 1. The van der Waals surface area contributed by atoms with Crippen LogP contribution in [0.1, 0.15) is 65.7 Å². The second-order valence-electron chi connectivity index (χ2n) is 7.23. The fraction of sp³-hybridized carbons (Fsp3) is 0.938. The molecule has 2 aliphatic carbocycles. The topological polar surface area (TPSA) is 33.0 Å². The molecular formula is C16H27NO. The highest BCUT2D eigenvalue weighted by Gasteiger charge is 2.35.